The molecule has 0 spiro atoms. The van der Waals surface area contributed by atoms with E-state index in [-0.39, 0.29) is 12.5 Å². The normalized spacial score (nSPS) is 16.2. The molecule has 1 saturated carbocycles. The minimum Gasteiger partial charge on any atom is -0.465 e. The largest absolute Gasteiger partial charge is 0.465 e. The highest BCUT2D eigenvalue weighted by molar-refractivity contribution is 6.06. The predicted octanol–water partition coefficient (Wildman–Crippen LogP) is 3.01. The summed E-state index contributed by atoms with van der Waals surface area (Å²) in [7, 11) is 0. The van der Waals surface area contributed by atoms with Crippen LogP contribution in [0.2, 0.25) is 0 Å². The fourth-order valence-electron chi connectivity index (χ4n) is 3.06. The summed E-state index contributed by atoms with van der Waals surface area (Å²) in [4.78, 5) is 11.5. The Hall–Kier alpha value is -2.04. The highest BCUT2D eigenvalue weighted by atomic mass is 16.5. The van der Waals surface area contributed by atoms with E-state index >= 15 is 0 Å². The van der Waals surface area contributed by atoms with E-state index in [0.29, 0.717) is 12.5 Å². The van der Waals surface area contributed by atoms with E-state index in [0.717, 1.165) is 35.4 Å². The summed E-state index contributed by atoms with van der Waals surface area (Å²) in [6, 6.07) is 6.05. The predicted molar refractivity (Wildman–Crippen MR) is 93.3 cm³/mol. The van der Waals surface area contributed by atoms with E-state index in [1.807, 2.05) is 19.1 Å². The number of carbonyl (C=O) groups is 1. The number of hydrogen-bond donors (Lipinski definition) is 2. The fourth-order valence-corrected chi connectivity index (χ4v) is 3.06. The van der Waals surface area contributed by atoms with Gasteiger partial charge in [-0.05, 0) is 38.3 Å². The molecule has 0 unspecified atom stereocenters. The van der Waals surface area contributed by atoms with Gasteiger partial charge in [-0.25, -0.2) is 0 Å². The number of rotatable bonds is 6. The lowest BCUT2D eigenvalue weighted by Crippen LogP contribution is -2.26. The van der Waals surface area contributed by atoms with E-state index in [1.165, 1.54) is 19.3 Å². The molecule has 0 radical (unpaired) electrons. The molecular formula is C18H27N3O2. The first-order chi connectivity index (χ1) is 11.1. The Morgan fingerprint density at radius 1 is 1.35 bits per heavy atom. The van der Waals surface area contributed by atoms with Crippen LogP contribution in [0.1, 0.15) is 50.2 Å². The average Bonchev–Trinajstić information content (AvgIpc) is 2.54. The molecule has 1 aliphatic carbocycles. The molecule has 0 bridgehead atoms. The van der Waals surface area contributed by atoms with Crippen molar-refractivity contribution in [1.82, 2.24) is 5.43 Å². The quantitative estimate of drug-likeness (QED) is 0.366. The van der Waals surface area contributed by atoms with E-state index in [1.54, 1.807) is 6.92 Å². The summed E-state index contributed by atoms with van der Waals surface area (Å²) < 4.78 is 4.92. The second kappa shape index (κ2) is 8.56. The van der Waals surface area contributed by atoms with Crippen LogP contribution < -0.4 is 11.2 Å². The summed E-state index contributed by atoms with van der Waals surface area (Å²) in [6.07, 6.45) is 5.95. The third-order valence-corrected chi connectivity index (χ3v) is 4.20. The molecule has 0 amide bonds. The lowest BCUT2D eigenvalue weighted by molar-refractivity contribution is -0.141. The minimum atomic E-state index is -0.295. The molecule has 126 valence electrons. The summed E-state index contributed by atoms with van der Waals surface area (Å²) in [5.41, 5.74) is 12.9. The van der Waals surface area contributed by atoms with Crippen molar-refractivity contribution in [2.45, 2.75) is 46.0 Å². The van der Waals surface area contributed by atoms with Crippen molar-refractivity contribution in [3.8, 4) is 0 Å². The Morgan fingerprint density at radius 2 is 2.09 bits per heavy atom. The Labute approximate surface area is 138 Å². The van der Waals surface area contributed by atoms with Crippen LogP contribution >= 0.6 is 0 Å². The number of nitrogens with zero attached hydrogens (tertiary/aromatic N) is 1. The zero-order valence-corrected chi connectivity index (χ0v) is 14.1. The van der Waals surface area contributed by atoms with Crippen molar-refractivity contribution in [1.29, 1.82) is 0 Å². The first-order valence-corrected chi connectivity index (χ1v) is 8.44. The summed E-state index contributed by atoms with van der Waals surface area (Å²) in [5, 5.41) is 4.52. The van der Waals surface area contributed by atoms with Gasteiger partial charge in [0.15, 0.2) is 0 Å². The Bertz CT molecular complexity index is 563. The van der Waals surface area contributed by atoms with Crippen LogP contribution in [0.3, 0.4) is 0 Å². The van der Waals surface area contributed by atoms with Gasteiger partial charge in [0, 0.05) is 17.2 Å². The van der Waals surface area contributed by atoms with Crippen LogP contribution in [0.4, 0.5) is 5.69 Å². The third-order valence-electron chi connectivity index (χ3n) is 4.20. The maximum Gasteiger partial charge on any atom is 0.327 e. The standard InChI is InChI=1S/C18H27N3O2/c1-3-23-17(22)12-20-21-18(14-7-5-4-6-8-14)15-10-9-13(2)11-16(15)19/h9-11,14,20H,3-8,12,19H2,1-2H3/b21-18-. The number of benzene rings is 1. The Morgan fingerprint density at radius 3 is 2.74 bits per heavy atom. The van der Waals surface area contributed by atoms with Crippen LogP contribution in [-0.4, -0.2) is 24.8 Å². The number of anilines is 1. The lowest BCUT2D eigenvalue weighted by Gasteiger charge is -2.24. The second-order valence-corrected chi connectivity index (χ2v) is 6.06. The highest BCUT2D eigenvalue weighted by Gasteiger charge is 2.22. The number of carbonyl (C=O) groups excluding carboxylic acids is 1. The number of ether oxygens (including phenoxy) is 1. The number of hydrogen-bond acceptors (Lipinski definition) is 5. The Kier molecular flexibility index (Phi) is 6.44. The summed E-state index contributed by atoms with van der Waals surface area (Å²) >= 11 is 0. The van der Waals surface area contributed by atoms with Crippen molar-refractivity contribution in [3.63, 3.8) is 0 Å². The lowest BCUT2D eigenvalue weighted by atomic mass is 9.83. The van der Waals surface area contributed by atoms with Gasteiger partial charge in [-0.3, -0.25) is 10.2 Å². The molecular weight excluding hydrogens is 290 g/mol. The molecule has 3 N–H and O–H groups in total. The number of nitrogens with one attached hydrogen (secondary N) is 1. The zero-order chi connectivity index (χ0) is 16.7. The van der Waals surface area contributed by atoms with Gasteiger partial charge in [0.1, 0.15) is 6.54 Å². The van der Waals surface area contributed by atoms with Gasteiger partial charge in [-0.15, -0.1) is 0 Å². The summed E-state index contributed by atoms with van der Waals surface area (Å²) in [5.74, 6) is 0.0968. The van der Waals surface area contributed by atoms with Gasteiger partial charge in [-0.2, -0.15) is 5.10 Å². The first-order valence-electron chi connectivity index (χ1n) is 8.44. The summed E-state index contributed by atoms with van der Waals surface area (Å²) in [6.45, 7) is 4.28. The molecule has 1 fully saturated rings. The maximum atomic E-state index is 11.5. The minimum absolute atomic E-state index is 0.0792. The number of aryl methyl sites for hydroxylation is 1. The van der Waals surface area contributed by atoms with Gasteiger partial charge >= 0.3 is 5.97 Å². The number of hydrazone groups is 1. The van der Waals surface area contributed by atoms with E-state index < -0.39 is 0 Å². The molecule has 0 aliphatic heterocycles. The monoisotopic (exact) mass is 317 g/mol. The van der Waals surface area contributed by atoms with Crippen molar-refractivity contribution in [3.05, 3.63) is 29.3 Å². The molecule has 23 heavy (non-hydrogen) atoms. The zero-order valence-electron chi connectivity index (χ0n) is 14.1. The van der Waals surface area contributed by atoms with Gasteiger partial charge < -0.3 is 10.5 Å². The molecule has 0 aromatic heterocycles. The smallest absolute Gasteiger partial charge is 0.327 e. The Balaban J connectivity index is 2.18. The van der Waals surface area contributed by atoms with E-state index in [2.05, 4.69) is 16.6 Å². The van der Waals surface area contributed by atoms with Crippen molar-refractivity contribution < 1.29 is 9.53 Å². The molecule has 5 nitrogen and oxygen atoms in total. The van der Waals surface area contributed by atoms with Crippen molar-refractivity contribution >= 4 is 17.4 Å². The molecule has 2 rings (SSSR count). The number of esters is 1. The second-order valence-electron chi connectivity index (χ2n) is 6.06. The molecule has 0 heterocycles. The molecule has 1 aliphatic rings. The van der Waals surface area contributed by atoms with Gasteiger partial charge in [0.2, 0.25) is 0 Å². The van der Waals surface area contributed by atoms with Crippen LogP contribution in [-0.2, 0) is 9.53 Å². The van der Waals surface area contributed by atoms with Crippen LogP contribution in [0.15, 0.2) is 23.3 Å². The fraction of sp³-hybridized carbons (Fsp3) is 0.556. The van der Waals surface area contributed by atoms with E-state index in [4.69, 9.17) is 10.5 Å². The molecule has 1 aromatic carbocycles. The van der Waals surface area contributed by atoms with Crippen molar-refractivity contribution in [2.24, 2.45) is 11.0 Å². The molecule has 0 atom stereocenters. The van der Waals surface area contributed by atoms with Crippen LogP contribution in [0, 0.1) is 12.8 Å². The SMILES string of the molecule is CCOC(=O)CN/N=C(\c1ccc(C)cc1N)C1CCCCC1. The van der Waals surface area contributed by atoms with E-state index in [9.17, 15) is 4.79 Å². The maximum absolute atomic E-state index is 11.5. The molecule has 1 aromatic rings. The number of nitrogen functional groups attached to an aromatic ring is 1. The molecule has 0 saturated heterocycles. The van der Waals surface area contributed by atoms with Gasteiger partial charge in [-0.1, -0.05) is 31.4 Å². The first kappa shape index (κ1) is 17.3. The third kappa shape index (κ3) is 4.98. The van der Waals surface area contributed by atoms with Gasteiger partial charge in [0.05, 0.1) is 12.3 Å². The van der Waals surface area contributed by atoms with Crippen LogP contribution in [0.5, 0.6) is 0 Å². The molecule has 5 heteroatoms. The number of nitrogens with two attached hydrogens (primary N) is 1. The topological polar surface area (TPSA) is 76.7 Å². The highest BCUT2D eigenvalue weighted by Crippen LogP contribution is 2.29. The van der Waals surface area contributed by atoms with Crippen molar-refractivity contribution in [2.75, 3.05) is 18.9 Å². The van der Waals surface area contributed by atoms with Crippen LogP contribution in [0.25, 0.3) is 0 Å². The van der Waals surface area contributed by atoms with Gasteiger partial charge in [0.25, 0.3) is 0 Å². The average molecular weight is 317 g/mol.